The van der Waals surface area contributed by atoms with E-state index in [1.54, 1.807) is 0 Å². The van der Waals surface area contributed by atoms with Crippen molar-refractivity contribution in [2.75, 3.05) is 19.6 Å². The van der Waals surface area contributed by atoms with Gasteiger partial charge in [-0.1, -0.05) is 37.3 Å². The van der Waals surface area contributed by atoms with Gasteiger partial charge in [-0.15, -0.1) is 0 Å². The fourth-order valence-electron chi connectivity index (χ4n) is 2.81. The lowest BCUT2D eigenvalue weighted by atomic mass is 9.96. The average Bonchev–Trinajstić information content (AvgIpc) is 2.37. The topological polar surface area (TPSA) is 29.3 Å². The van der Waals surface area contributed by atoms with Crippen LogP contribution in [0.4, 0.5) is 0 Å². The third-order valence-corrected chi connectivity index (χ3v) is 3.79. The molecule has 94 valence electrons. The van der Waals surface area contributed by atoms with Crippen molar-refractivity contribution in [3.63, 3.8) is 0 Å². The molecule has 1 aromatic rings. The van der Waals surface area contributed by atoms with Gasteiger partial charge >= 0.3 is 0 Å². The van der Waals surface area contributed by atoms with Crippen LogP contribution >= 0.6 is 0 Å². The predicted molar refractivity (Wildman–Crippen MR) is 73.0 cm³/mol. The predicted octanol–water partition coefficient (Wildman–Crippen LogP) is 2.29. The smallest absolute Gasteiger partial charge is 0.0258 e. The van der Waals surface area contributed by atoms with Gasteiger partial charge in [-0.2, -0.15) is 0 Å². The zero-order chi connectivity index (χ0) is 12.1. The van der Waals surface area contributed by atoms with Gasteiger partial charge in [-0.3, -0.25) is 4.90 Å². The Bertz CT molecular complexity index is 323. The largest absolute Gasteiger partial charge is 0.329 e. The first-order valence-electron chi connectivity index (χ1n) is 6.77. The van der Waals surface area contributed by atoms with Crippen LogP contribution in [0.2, 0.25) is 0 Å². The summed E-state index contributed by atoms with van der Waals surface area (Å²) in [6.45, 7) is 5.55. The van der Waals surface area contributed by atoms with E-state index >= 15 is 0 Å². The second-order valence-corrected chi connectivity index (χ2v) is 5.32. The zero-order valence-electron chi connectivity index (χ0n) is 10.8. The molecule has 1 aliphatic rings. The molecule has 1 aromatic carbocycles. The Morgan fingerprint density at radius 3 is 2.76 bits per heavy atom. The van der Waals surface area contributed by atoms with Gasteiger partial charge in [0.25, 0.3) is 0 Å². The first-order valence-corrected chi connectivity index (χ1v) is 6.77. The summed E-state index contributed by atoms with van der Waals surface area (Å²) in [5.74, 6) is 0.827. The van der Waals surface area contributed by atoms with Gasteiger partial charge in [0, 0.05) is 19.1 Å². The maximum absolute atomic E-state index is 5.96. The average molecular weight is 232 g/mol. The lowest BCUT2D eigenvalue weighted by Gasteiger charge is -2.37. The molecule has 2 N–H and O–H groups in total. The normalized spacial score (nSPS) is 23.5. The van der Waals surface area contributed by atoms with Crippen molar-refractivity contribution in [3.05, 3.63) is 35.9 Å². The summed E-state index contributed by atoms with van der Waals surface area (Å²) < 4.78 is 0. The van der Waals surface area contributed by atoms with Gasteiger partial charge in [0.1, 0.15) is 0 Å². The van der Waals surface area contributed by atoms with E-state index in [-0.39, 0.29) is 0 Å². The maximum atomic E-state index is 5.96. The van der Waals surface area contributed by atoms with E-state index in [0.717, 1.165) is 18.9 Å². The van der Waals surface area contributed by atoms with Gasteiger partial charge in [-0.25, -0.2) is 0 Å². The van der Waals surface area contributed by atoms with E-state index in [2.05, 4.69) is 42.2 Å². The molecule has 0 bridgehead atoms. The Morgan fingerprint density at radius 2 is 2.12 bits per heavy atom. The van der Waals surface area contributed by atoms with Crippen LogP contribution in [0.1, 0.15) is 25.3 Å². The fraction of sp³-hybridized carbons (Fsp3) is 0.600. The summed E-state index contributed by atoms with van der Waals surface area (Å²) in [7, 11) is 0. The molecule has 2 rings (SSSR count). The standard InChI is InChI=1S/C15H24N2/c1-13-6-5-9-17(12-13)15(11-16)10-14-7-3-2-4-8-14/h2-4,7-8,13,15H,5-6,9-12,16H2,1H3. The van der Waals surface area contributed by atoms with Crippen molar-refractivity contribution < 1.29 is 0 Å². The van der Waals surface area contributed by atoms with Gasteiger partial charge in [0.15, 0.2) is 0 Å². The Balaban J connectivity index is 1.96. The van der Waals surface area contributed by atoms with E-state index in [4.69, 9.17) is 5.73 Å². The highest BCUT2D eigenvalue weighted by Gasteiger charge is 2.22. The highest BCUT2D eigenvalue weighted by atomic mass is 15.2. The molecular weight excluding hydrogens is 208 g/mol. The first-order chi connectivity index (χ1) is 8.29. The fourth-order valence-corrected chi connectivity index (χ4v) is 2.81. The van der Waals surface area contributed by atoms with Crippen molar-refractivity contribution >= 4 is 0 Å². The van der Waals surface area contributed by atoms with Crippen molar-refractivity contribution in [1.29, 1.82) is 0 Å². The van der Waals surface area contributed by atoms with Crippen LogP contribution in [-0.4, -0.2) is 30.6 Å². The van der Waals surface area contributed by atoms with Crippen molar-refractivity contribution in [1.82, 2.24) is 4.90 Å². The highest BCUT2D eigenvalue weighted by molar-refractivity contribution is 5.16. The number of hydrogen-bond donors (Lipinski definition) is 1. The lowest BCUT2D eigenvalue weighted by molar-refractivity contribution is 0.132. The number of benzene rings is 1. The first kappa shape index (κ1) is 12.6. The van der Waals surface area contributed by atoms with E-state index in [1.165, 1.54) is 31.5 Å². The van der Waals surface area contributed by atoms with Gasteiger partial charge < -0.3 is 5.73 Å². The molecule has 1 aliphatic heterocycles. The minimum Gasteiger partial charge on any atom is -0.329 e. The minimum atomic E-state index is 0.514. The van der Waals surface area contributed by atoms with Gasteiger partial charge in [0.2, 0.25) is 0 Å². The van der Waals surface area contributed by atoms with Crippen LogP contribution in [0.15, 0.2) is 30.3 Å². The molecule has 1 heterocycles. The van der Waals surface area contributed by atoms with Crippen molar-refractivity contribution in [2.45, 2.75) is 32.2 Å². The molecule has 2 heteroatoms. The monoisotopic (exact) mass is 232 g/mol. The maximum Gasteiger partial charge on any atom is 0.0258 e. The van der Waals surface area contributed by atoms with Crippen molar-refractivity contribution in [3.8, 4) is 0 Å². The molecular formula is C15H24N2. The van der Waals surface area contributed by atoms with Crippen LogP contribution in [0.25, 0.3) is 0 Å². The third kappa shape index (κ3) is 3.55. The third-order valence-electron chi connectivity index (χ3n) is 3.79. The molecule has 0 aliphatic carbocycles. The number of nitrogens with two attached hydrogens (primary N) is 1. The summed E-state index contributed by atoms with van der Waals surface area (Å²) in [6.07, 6.45) is 3.79. The summed E-state index contributed by atoms with van der Waals surface area (Å²) in [5.41, 5.74) is 7.36. The number of nitrogens with zero attached hydrogens (tertiary/aromatic N) is 1. The number of rotatable bonds is 4. The molecule has 2 unspecified atom stereocenters. The van der Waals surface area contributed by atoms with Crippen LogP contribution in [0.5, 0.6) is 0 Å². The minimum absolute atomic E-state index is 0.514. The summed E-state index contributed by atoms with van der Waals surface area (Å²) in [5, 5.41) is 0. The quantitative estimate of drug-likeness (QED) is 0.863. The van der Waals surface area contributed by atoms with Crippen LogP contribution in [0.3, 0.4) is 0 Å². The summed E-state index contributed by atoms with van der Waals surface area (Å²) in [6, 6.07) is 11.2. The number of piperidine rings is 1. The van der Waals surface area contributed by atoms with Crippen molar-refractivity contribution in [2.24, 2.45) is 11.7 Å². The SMILES string of the molecule is CC1CCCN(C(CN)Cc2ccccc2)C1. The summed E-state index contributed by atoms with van der Waals surface area (Å²) >= 11 is 0. The molecule has 2 atom stereocenters. The molecule has 0 saturated carbocycles. The lowest BCUT2D eigenvalue weighted by Crippen LogP contribution is -2.46. The molecule has 2 nitrogen and oxygen atoms in total. The second-order valence-electron chi connectivity index (χ2n) is 5.32. The summed E-state index contributed by atoms with van der Waals surface area (Å²) in [4.78, 5) is 2.58. The van der Waals surface area contributed by atoms with Crippen LogP contribution < -0.4 is 5.73 Å². The Labute approximate surface area is 105 Å². The van der Waals surface area contributed by atoms with Crippen LogP contribution in [0, 0.1) is 5.92 Å². The van der Waals surface area contributed by atoms with Gasteiger partial charge in [0.05, 0.1) is 0 Å². The molecule has 1 saturated heterocycles. The zero-order valence-corrected chi connectivity index (χ0v) is 10.8. The van der Waals surface area contributed by atoms with Gasteiger partial charge in [-0.05, 0) is 37.3 Å². The van der Waals surface area contributed by atoms with Crippen LogP contribution in [-0.2, 0) is 6.42 Å². The Morgan fingerprint density at radius 1 is 1.35 bits per heavy atom. The Hall–Kier alpha value is -0.860. The van der Waals surface area contributed by atoms with E-state index in [1.807, 2.05) is 0 Å². The Kier molecular flexibility index (Phi) is 4.57. The second kappa shape index (κ2) is 6.18. The molecule has 0 aromatic heterocycles. The molecule has 0 spiro atoms. The highest BCUT2D eigenvalue weighted by Crippen LogP contribution is 2.19. The van der Waals surface area contributed by atoms with E-state index in [9.17, 15) is 0 Å². The molecule has 0 amide bonds. The number of likely N-dealkylation sites (tertiary alicyclic amines) is 1. The molecule has 1 fully saturated rings. The molecule has 0 radical (unpaired) electrons. The molecule has 17 heavy (non-hydrogen) atoms. The van der Waals surface area contributed by atoms with E-state index in [0.29, 0.717) is 6.04 Å². The number of hydrogen-bond acceptors (Lipinski definition) is 2. The van der Waals surface area contributed by atoms with E-state index < -0.39 is 0 Å².